The molecular formula is C12H22N2O. The van der Waals surface area contributed by atoms with Crippen LogP contribution in [0.15, 0.2) is 0 Å². The average Bonchev–Trinajstić information content (AvgIpc) is 2.63. The number of hydrogen-bond donors (Lipinski definition) is 2. The molecule has 2 fully saturated rings. The zero-order chi connectivity index (χ0) is 10.7. The first-order valence-electron chi connectivity index (χ1n) is 6.27. The standard InChI is InChI=1S/C12H22N2O/c1-2-11(15)14-10-4-3-5-12(10)6-8-13-9-7-12/h10,13H,2-9H2,1H3,(H,14,15). The number of carbonyl (C=O) groups is 1. The minimum absolute atomic E-state index is 0.222. The molecule has 86 valence electrons. The van der Waals surface area contributed by atoms with Gasteiger partial charge in [0.2, 0.25) is 5.91 Å². The van der Waals surface area contributed by atoms with Gasteiger partial charge in [-0.05, 0) is 44.2 Å². The number of rotatable bonds is 2. The Bertz CT molecular complexity index is 234. The van der Waals surface area contributed by atoms with Crippen molar-refractivity contribution < 1.29 is 4.79 Å². The lowest BCUT2D eigenvalue weighted by atomic mass is 9.74. The predicted molar refractivity (Wildman–Crippen MR) is 60.6 cm³/mol. The van der Waals surface area contributed by atoms with E-state index in [1.165, 1.54) is 32.1 Å². The molecule has 2 rings (SSSR count). The summed E-state index contributed by atoms with van der Waals surface area (Å²) < 4.78 is 0. The van der Waals surface area contributed by atoms with Crippen molar-refractivity contribution in [3.05, 3.63) is 0 Å². The van der Waals surface area contributed by atoms with Gasteiger partial charge < -0.3 is 10.6 Å². The van der Waals surface area contributed by atoms with Gasteiger partial charge in [-0.1, -0.05) is 13.3 Å². The topological polar surface area (TPSA) is 41.1 Å². The summed E-state index contributed by atoms with van der Waals surface area (Å²) >= 11 is 0. The highest BCUT2D eigenvalue weighted by atomic mass is 16.1. The lowest BCUT2D eigenvalue weighted by Gasteiger charge is -2.39. The maximum atomic E-state index is 11.5. The summed E-state index contributed by atoms with van der Waals surface area (Å²) in [6, 6.07) is 0.451. The van der Waals surface area contributed by atoms with Gasteiger partial charge >= 0.3 is 0 Å². The van der Waals surface area contributed by atoms with Crippen LogP contribution >= 0.6 is 0 Å². The van der Waals surface area contributed by atoms with Crippen LogP contribution in [0.2, 0.25) is 0 Å². The predicted octanol–water partition coefficient (Wildman–Crippen LogP) is 1.43. The van der Waals surface area contributed by atoms with Crippen LogP contribution in [0, 0.1) is 5.41 Å². The van der Waals surface area contributed by atoms with E-state index >= 15 is 0 Å². The summed E-state index contributed by atoms with van der Waals surface area (Å²) in [4.78, 5) is 11.5. The second-order valence-electron chi connectivity index (χ2n) is 4.98. The first-order valence-corrected chi connectivity index (χ1v) is 6.27. The van der Waals surface area contributed by atoms with Crippen LogP contribution in [0.5, 0.6) is 0 Å². The van der Waals surface area contributed by atoms with Crippen molar-refractivity contribution in [2.75, 3.05) is 13.1 Å². The molecule has 1 saturated carbocycles. The van der Waals surface area contributed by atoms with Gasteiger partial charge in [0.15, 0.2) is 0 Å². The molecule has 1 aliphatic heterocycles. The quantitative estimate of drug-likeness (QED) is 0.724. The van der Waals surface area contributed by atoms with Gasteiger partial charge in [0, 0.05) is 12.5 Å². The Balaban J connectivity index is 2.00. The Labute approximate surface area is 92.0 Å². The molecule has 0 aromatic rings. The zero-order valence-electron chi connectivity index (χ0n) is 9.64. The molecule has 0 aromatic heterocycles. The summed E-state index contributed by atoms with van der Waals surface area (Å²) in [7, 11) is 0. The van der Waals surface area contributed by atoms with Crippen molar-refractivity contribution in [3.8, 4) is 0 Å². The van der Waals surface area contributed by atoms with Crippen molar-refractivity contribution in [1.29, 1.82) is 0 Å². The SMILES string of the molecule is CCC(=O)NC1CCCC12CCNCC2. The van der Waals surface area contributed by atoms with Gasteiger partial charge in [-0.25, -0.2) is 0 Å². The fourth-order valence-corrected chi connectivity index (χ4v) is 3.18. The highest BCUT2D eigenvalue weighted by Gasteiger charge is 2.43. The Kier molecular flexibility index (Phi) is 3.29. The lowest BCUT2D eigenvalue weighted by molar-refractivity contribution is -0.122. The van der Waals surface area contributed by atoms with Crippen LogP contribution < -0.4 is 10.6 Å². The normalized spacial score (nSPS) is 29.3. The van der Waals surface area contributed by atoms with Crippen molar-refractivity contribution >= 4 is 5.91 Å². The molecule has 0 aromatic carbocycles. The highest BCUT2D eigenvalue weighted by molar-refractivity contribution is 5.76. The second-order valence-corrected chi connectivity index (χ2v) is 4.98. The van der Waals surface area contributed by atoms with Gasteiger partial charge in [-0.2, -0.15) is 0 Å². The fraction of sp³-hybridized carbons (Fsp3) is 0.917. The molecule has 3 heteroatoms. The van der Waals surface area contributed by atoms with Crippen LogP contribution in [0.25, 0.3) is 0 Å². The molecule has 1 saturated heterocycles. The summed E-state index contributed by atoms with van der Waals surface area (Å²) in [5.74, 6) is 0.222. The van der Waals surface area contributed by atoms with Crippen LogP contribution in [0.1, 0.15) is 45.4 Å². The molecule has 1 unspecified atom stereocenters. The maximum absolute atomic E-state index is 11.5. The third-order valence-electron chi connectivity index (χ3n) is 4.16. The Morgan fingerprint density at radius 3 is 2.80 bits per heavy atom. The van der Waals surface area contributed by atoms with Crippen LogP contribution in [-0.2, 0) is 4.79 Å². The van der Waals surface area contributed by atoms with E-state index in [-0.39, 0.29) is 5.91 Å². The van der Waals surface area contributed by atoms with Crippen LogP contribution in [0.4, 0.5) is 0 Å². The first-order chi connectivity index (χ1) is 7.27. The Morgan fingerprint density at radius 1 is 1.40 bits per heavy atom. The number of nitrogens with one attached hydrogen (secondary N) is 2. The van der Waals surface area contributed by atoms with E-state index in [2.05, 4.69) is 10.6 Å². The third-order valence-corrected chi connectivity index (χ3v) is 4.16. The molecule has 3 nitrogen and oxygen atoms in total. The molecule has 0 radical (unpaired) electrons. The van der Waals surface area contributed by atoms with Crippen LogP contribution in [0.3, 0.4) is 0 Å². The monoisotopic (exact) mass is 210 g/mol. The highest BCUT2D eigenvalue weighted by Crippen LogP contribution is 2.45. The molecule has 1 atom stereocenters. The first kappa shape index (κ1) is 10.9. The van der Waals surface area contributed by atoms with E-state index in [0.717, 1.165) is 13.1 Å². The van der Waals surface area contributed by atoms with Gasteiger partial charge in [0.1, 0.15) is 0 Å². The van der Waals surface area contributed by atoms with Crippen molar-refractivity contribution in [2.24, 2.45) is 5.41 Å². The second kappa shape index (κ2) is 4.52. The molecule has 1 amide bonds. The van der Waals surface area contributed by atoms with E-state index in [4.69, 9.17) is 0 Å². The molecule has 1 aliphatic carbocycles. The minimum Gasteiger partial charge on any atom is -0.353 e. The number of amides is 1. The summed E-state index contributed by atoms with van der Waals surface area (Å²) in [6.45, 7) is 4.18. The molecule has 2 N–H and O–H groups in total. The van der Waals surface area contributed by atoms with Crippen molar-refractivity contribution in [1.82, 2.24) is 10.6 Å². The lowest BCUT2D eigenvalue weighted by Crippen LogP contribution is -2.49. The number of hydrogen-bond acceptors (Lipinski definition) is 2. The minimum atomic E-state index is 0.222. The van der Waals surface area contributed by atoms with Gasteiger partial charge in [-0.15, -0.1) is 0 Å². The van der Waals surface area contributed by atoms with E-state index < -0.39 is 0 Å². The fourth-order valence-electron chi connectivity index (χ4n) is 3.18. The van der Waals surface area contributed by atoms with Crippen LogP contribution in [-0.4, -0.2) is 25.0 Å². The molecule has 15 heavy (non-hydrogen) atoms. The van der Waals surface area contributed by atoms with Crippen molar-refractivity contribution in [3.63, 3.8) is 0 Å². The zero-order valence-corrected chi connectivity index (χ0v) is 9.64. The van der Waals surface area contributed by atoms with Crippen molar-refractivity contribution in [2.45, 2.75) is 51.5 Å². The molecule has 1 spiro atoms. The number of carbonyl (C=O) groups excluding carboxylic acids is 1. The van der Waals surface area contributed by atoms with E-state index in [1.807, 2.05) is 6.92 Å². The summed E-state index contributed by atoms with van der Waals surface area (Å²) in [6.07, 6.45) is 6.87. The summed E-state index contributed by atoms with van der Waals surface area (Å²) in [5, 5.41) is 6.63. The molecular weight excluding hydrogens is 188 g/mol. The van der Waals surface area contributed by atoms with E-state index in [9.17, 15) is 4.79 Å². The Hall–Kier alpha value is -0.570. The molecule has 0 bridgehead atoms. The van der Waals surface area contributed by atoms with Gasteiger partial charge in [-0.3, -0.25) is 4.79 Å². The maximum Gasteiger partial charge on any atom is 0.219 e. The Morgan fingerprint density at radius 2 is 2.13 bits per heavy atom. The molecule has 2 aliphatic rings. The van der Waals surface area contributed by atoms with Gasteiger partial charge in [0.05, 0.1) is 0 Å². The smallest absolute Gasteiger partial charge is 0.219 e. The van der Waals surface area contributed by atoms with E-state index in [0.29, 0.717) is 17.9 Å². The number of piperidine rings is 1. The average molecular weight is 210 g/mol. The van der Waals surface area contributed by atoms with Gasteiger partial charge in [0.25, 0.3) is 0 Å². The largest absolute Gasteiger partial charge is 0.353 e. The van der Waals surface area contributed by atoms with E-state index in [1.54, 1.807) is 0 Å². The molecule has 1 heterocycles. The third kappa shape index (κ3) is 2.17. The summed E-state index contributed by atoms with van der Waals surface area (Å²) in [5.41, 5.74) is 0.427.